The maximum absolute atomic E-state index is 15.2. The van der Waals surface area contributed by atoms with Crippen molar-refractivity contribution >= 4 is 34.2 Å². The van der Waals surface area contributed by atoms with Crippen molar-refractivity contribution in [3.8, 4) is 0 Å². The quantitative estimate of drug-likeness (QED) is 0.483. The Hall–Kier alpha value is -4.26. The highest BCUT2D eigenvalue weighted by atomic mass is 19.1. The smallest absolute Gasteiger partial charge is 0.323 e. The molecule has 2 N–H and O–H groups in total. The van der Waals surface area contributed by atoms with Gasteiger partial charge in [0.1, 0.15) is 18.9 Å². The Balaban J connectivity index is 1.77. The van der Waals surface area contributed by atoms with Crippen molar-refractivity contribution in [3.05, 3.63) is 102 Å². The Morgan fingerprint density at radius 3 is 2.58 bits per heavy atom. The van der Waals surface area contributed by atoms with Crippen molar-refractivity contribution in [3.63, 3.8) is 0 Å². The number of benzene rings is 3. The normalized spacial score (nSPS) is 14.5. The molecule has 33 heavy (non-hydrogen) atoms. The highest BCUT2D eigenvalue weighted by Crippen LogP contribution is 2.38. The van der Waals surface area contributed by atoms with Gasteiger partial charge in [0, 0.05) is 28.2 Å². The third-order valence-corrected chi connectivity index (χ3v) is 5.87. The van der Waals surface area contributed by atoms with E-state index in [4.69, 9.17) is 0 Å². The number of aliphatic carboxylic acids is 1. The second-order valence-corrected chi connectivity index (χ2v) is 7.84. The van der Waals surface area contributed by atoms with Crippen LogP contribution < -0.4 is 4.90 Å². The number of carboxylic acids is 1. The lowest BCUT2D eigenvalue weighted by Crippen LogP contribution is -2.37. The predicted octanol–water partition coefficient (Wildman–Crippen LogP) is 4.36. The number of hydrogen-bond acceptors (Lipinski definition) is 3. The number of aromatic nitrogens is 1. The van der Waals surface area contributed by atoms with E-state index >= 15 is 4.39 Å². The Morgan fingerprint density at radius 2 is 1.76 bits per heavy atom. The lowest BCUT2D eigenvalue weighted by atomic mass is 9.83. The number of hydrogen-bond donors (Lipinski definition) is 2. The number of para-hydroxylation sites is 2. The second kappa shape index (κ2) is 8.35. The van der Waals surface area contributed by atoms with Crippen molar-refractivity contribution in [1.82, 2.24) is 4.98 Å². The van der Waals surface area contributed by atoms with Gasteiger partial charge in [-0.25, -0.2) is 4.39 Å². The van der Waals surface area contributed by atoms with Crippen LogP contribution in [0.15, 0.2) is 84.0 Å². The van der Waals surface area contributed by atoms with Gasteiger partial charge < -0.3 is 10.1 Å². The Kier molecular flexibility index (Phi) is 5.22. The molecule has 1 aliphatic heterocycles. The summed E-state index contributed by atoms with van der Waals surface area (Å²) in [7, 11) is 0. The van der Waals surface area contributed by atoms with Gasteiger partial charge in [-0.05, 0) is 23.8 Å². The third-order valence-electron chi connectivity index (χ3n) is 5.87. The zero-order chi connectivity index (χ0) is 22.9. The summed E-state index contributed by atoms with van der Waals surface area (Å²) in [6.45, 7) is -0.708. The topological polar surface area (TPSA) is 85.8 Å². The minimum atomic E-state index is -1.12. The first-order valence-corrected chi connectivity index (χ1v) is 10.5. The van der Waals surface area contributed by atoms with Gasteiger partial charge in [-0.15, -0.1) is 0 Å². The fourth-order valence-electron chi connectivity index (χ4n) is 4.44. The fraction of sp³-hybridized carbons (Fsp3) is 0.115. The van der Waals surface area contributed by atoms with Gasteiger partial charge in [0.25, 0.3) is 0 Å². The molecule has 1 aromatic heterocycles. The van der Waals surface area contributed by atoms with Gasteiger partial charge in [0.05, 0.1) is 17.3 Å². The number of H-pyrrole nitrogens is 1. The minimum absolute atomic E-state index is 0.232. The maximum atomic E-state index is 15.2. The molecular weight excluding hydrogens is 421 g/mol. The van der Waals surface area contributed by atoms with Gasteiger partial charge in [-0.1, -0.05) is 54.6 Å². The van der Waals surface area contributed by atoms with E-state index in [1.807, 2.05) is 30.5 Å². The minimum Gasteiger partial charge on any atom is -0.480 e. The van der Waals surface area contributed by atoms with Crippen LogP contribution in [0.5, 0.6) is 0 Å². The highest BCUT2D eigenvalue weighted by molar-refractivity contribution is 6.17. The number of anilines is 1. The Labute approximate surface area is 189 Å². The Morgan fingerprint density at radius 1 is 1.03 bits per heavy atom. The van der Waals surface area contributed by atoms with Crippen LogP contribution in [0.2, 0.25) is 0 Å². The molecule has 0 bridgehead atoms. The molecule has 3 aromatic carbocycles. The predicted molar refractivity (Wildman–Crippen MR) is 124 cm³/mol. The van der Waals surface area contributed by atoms with E-state index in [2.05, 4.69) is 9.98 Å². The average molecular weight is 441 g/mol. The summed E-state index contributed by atoms with van der Waals surface area (Å²) in [6, 6.07) is 21.3. The van der Waals surface area contributed by atoms with Crippen molar-refractivity contribution in [2.75, 3.05) is 18.0 Å². The van der Waals surface area contributed by atoms with Crippen LogP contribution in [0, 0.1) is 5.82 Å². The van der Waals surface area contributed by atoms with Crippen LogP contribution >= 0.6 is 0 Å². The second-order valence-electron chi connectivity index (χ2n) is 7.84. The number of amides is 1. The number of carboxylic acid groups (broad SMARTS) is 1. The zero-order valence-electron chi connectivity index (χ0n) is 17.5. The SMILES string of the molecule is O=C(O)CN1C(=O)CN=C([C@@H](c2ccccc2F)c2c[nH]c3ccccc23)c2ccccc21. The molecule has 2 heterocycles. The lowest BCUT2D eigenvalue weighted by Gasteiger charge is -2.24. The molecule has 6 nitrogen and oxygen atoms in total. The molecule has 0 spiro atoms. The summed E-state index contributed by atoms with van der Waals surface area (Å²) < 4.78 is 15.2. The van der Waals surface area contributed by atoms with Crippen molar-refractivity contribution in [2.24, 2.45) is 4.99 Å². The average Bonchev–Trinajstić information content (AvgIpc) is 3.19. The first kappa shape index (κ1) is 20.6. The number of carbonyl (C=O) groups is 2. The van der Waals surface area contributed by atoms with E-state index in [1.54, 1.807) is 42.5 Å². The molecule has 1 atom stereocenters. The summed E-state index contributed by atoms with van der Waals surface area (Å²) in [5, 5.41) is 10.3. The van der Waals surface area contributed by atoms with Gasteiger partial charge in [-0.3, -0.25) is 19.5 Å². The van der Waals surface area contributed by atoms with E-state index in [0.717, 1.165) is 16.5 Å². The molecular formula is C26H20FN3O3. The zero-order valence-corrected chi connectivity index (χ0v) is 17.5. The molecule has 0 aliphatic carbocycles. The molecule has 7 heteroatoms. The Bertz CT molecular complexity index is 1410. The highest BCUT2D eigenvalue weighted by Gasteiger charge is 2.33. The maximum Gasteiger partial charge on any atom is 0.323 e. The van der Waals surface area contributed by atoms with Crippen molar-refractivity contribution < 1.29 is 19.1 Å². The van der Waals surface area contributed by atoms with E-state index in [1.165, 1.54) is 11.0 Å². The third kappa shape index (κ3) is 3.67. The summed E-state index contributed by atoms with van der Waals surface area (Å²) in [5.41, 5.74) is 3.71. The largest absolute Gasteiger partial charge is 0.480 e. The molecule has 164 valence electrons. The number of rotatable bonds is 5. The number of aliphatic imine (C=N–C) groups is 1. The standard InChI is InChI=1S/C26H20FN3O3/c27-20-10-4-1-8-17(20)25(19-13-28-21-11-5-2-7-16(19)21)26-18-9-3-6-12-22(18)30(15-24(32)33)23(31)14-29-26/h1-13,25,28H,14-15H2,(H,32,33)/t25-/m0/s1. The molecule has 0 radical (unpaired) electrons. The summed E-state index contributed by atoms with van der Waals surface area (Å²) in [5.74, 6) is -2.54. The monoisotopic (exact) mass is 441 g/mol. The van der Waals surface area contributed by atoms with Crippen LogP contribution in [-0.4, -0.2) is 40.8 Å². The van der Waals surface area contributed by atoms with E-state index in [0.29, 0.717) is 22.5 Å². The first-order chi connectivity index (χ1) is 16.0. The number of halogens is 1. The number of nitrogens with zero attached hydrogens (tertiary/aromatic N) is 2. The lowest BCUT2D eigenvalue weighted by molar-refractivity contribution is -0.136. The molecule has 0 saturated heterocycles. The number of nitrogens with one attached hydrogen (secondary N) is 1. The molecule has 0 unspecified atom stereocenters. The van der Waals surface area contributed by atoms with Gasteiger partial charge in [0.15, 0.2) is 0 Å². The van der Waals surface area contributed by atoms with Crippen LogP contribution in [0.25, 0.3) is 10.9 Å². The van der Waals surface area contributed by atoms with E-state index in [9.17, 15) is 14.7 Å². The van der Waals surface area contributed by atoms with E-state index < -0.39 is 24.3 Å². The van der Waals surface area contributed by atoms with Gasteiger partial charge in [-0.2, -0.15) is 0 Å². The summed E-state index contributed by atoms with van der Waals surface area (Å²) >= 11 is 0. The van der Waals surface area contributed by atoms with Crippen molar-refractivity contribution in [1.29, 1.82) is 0 Å². The van der Waals surface area contributed by atoms with Crippen LogP contribution in [0.4, 0.5) is 10.1 Å². The number of carbonyl (C=O) groups excluding carboxylic acids is 1. The van der Waals surface area contributed by atoms with Gasteiger partial charge in [0.2, 0.25) is 5.91 Å². The molecule has 5 rings (SSSR count). The molecule has 4 aromatic rings. The first-order valence-electron chi connectivity index (χ1n) is 10.5. The number of benzodiazepines with no additional fused rings is 1. The van der Waals surface area contributed by atoms with Crippen LogP contribution in [-0.2, 0) is 9.59 Å². The summed E-state index contributed by atoms with van der Waals surface area (Å²) in [6.07, 6.45) is 1.84. The van der Waals surface area contributed by atoms with Crippen LogP contribution in [0.3, 0.4) is 0 Å². The summed E-state index contributed by atoms with van der Waals surface area (Å²) in [4.78, 5) is 33.4. The molecule has 0 fully saturated rings. The molecule has 0 saturated carbocycles. The molecule has 1 aliphatic rings. The van der Waals surface area contributed by atoms with Gasteiger partial charge >= 0.3 is 5.97 Å². The fourth-order valence-corrected chi connectivity index (χ4v) is 4.44. The van der Waals surface area contributed by atoms with E-state index in [-0.39, 0.29) is 12.4 Å². The molecule has 1 amide bonds. The van der Waals surface area contributed by atoms with Crippen LogP contribution in [0.1, 0.15) is 22.6 Å². The number of fused-ring (bicyclic) bond motifs is 2. The number of aromatic amines is 1. The van der Waals surface area contributed by atoms with Crippen molar-refractivity contribution in [2.45, 2.75) is 5.92 Å².